The first-order valence-corrected chi connectivity index (χ1v) is 15.5. The lowest BCUT2D eigenvalue weighted by Gasteiger charge is -2.34. The van der Waals surface area contributed by atoms with Gasteiger partial charge in [0.2, 0.25) is 0 Å². The Labute approximate surface area is 260 Å². The molecule has 45 heavy (non-hydrogen) atoms. The van der Waals surface area contributed by atoms with Crippen molar-refractivity contribution >= 4 is 27.5 Å². The van der Waals surface area contributed by atoms with Crippen molar-refractivity contribution in [1.82, 2.24) is 25.2 Å². The van der Waals surface area contributed by atoms with E-state index in [4.69, 9.17) is 20.9 Å². The van der Waals surface area contributed by atoms with Gasteiger partial charge in [0.25, 0.3) is 0 Å². The first-order valence-electron chi connectivity index (χ1n) is 15.5. The molecule has 4 fully saturated rings. The van der Waals surface area contributed by atoms with Crippen molar-refractivity contribution < 1.29 is 18.3 Å². The first-order chi connectivity index (χ1) is 21.9. The molecule has 1 N–H and O–H groups in total. The summed E-state index contributed by atoms with van der Waals surface area (Å²) in [5.74, 6) is 1.88. The van der Waals surface area contributed by atoms with Crippen molar-refractivity contribution in [2.24, 2.45) is 0 Å². The van der Waals surface area contributed by atoms with Crippen LogP contribution in [0.3, 0.4) is 0 Å². The van der Waals surface area contributed by atoms with E-state index in [0.29, 0.717) is 46.2 Å². The van der Waals surface area contributed by atoms with E-state index in [1.807, 2.05) is 6.07 Å². The number of anilines is 1. The number of methoxy groups -OCH3 is 1. The van der Waals surface area contributed by atoms with E-state index in [2.05, 4.69) is 37.6 Å². The fraction of sp³-hybridized carbons (Fsp3) is 0.400. The number of aromatic nitrogens is 3. The highest BCUT2D eigenvalue weighted by molar-refractivity contribution is 6.02. The highest BCUT2D eigenvalue weighted by Crippen LogP contribution is 2.43. The molecule has 0 aliphatic carbocycles. The van der Waals surface area contributed by atoms with Crippen LogP contribution in [-0.4, -0.2) is 83.5 Å². The quantitative estimate of drug-likeness (QED) is 0.246. The summed E-state index contributed by atoms with van der Waals surface area (Å²) in [4.78, 5) is 18.7. The molecule has 4 aliphatic rings. The number of nitrogens with zero attached hydrogens (tertiary/aromatic N) is 5. The molecule has 0 unspecified atom stereocenters. The fourth-order valence-corrected chi connectivity index (χ4v) is 8.00. The van der Waals surface area contributed by atoms with E-state index < -0.39 is 11.6 Å². The van der Waals surface area contributed by atoms with Crippen LogP contribution in [0.1, 0.15) is 31.2 Å². The molecule has 0 radical (unpaired) electrons. The molecule has 2 aromatic carbocycles. The fourth-order valence-electron chi connectivity index (χ4n) is 8.00. The van der Waals surface area contributed by atoms with Gasteiger partial charge in [0.05, 0.1) is 22.6 Å². The van der Waals surface area contributed by atoms with Crippen LogP contribution < -0.4 is 15.0 Å². The van der Waals surface area contributed by atoms with E-state index >= 15 is 4.39 Å². The van der Waals surface area contributed by atoms with Gasteiger partial charge in [-0.1, -0.05) is 42.3 Å². The van der Waals surface area contributed by atoms with Gasteiger partial charge in [0.15, 0.2) is 5.82 Å². The molecule has 0 saturated carbocycles. The van der Waals surface area contributed by atoms with Gasteiger partial charge in [-0.3, -0.25) is 9.88 Å². The summed E-state index contributed by atoms with van der Waals surface area (Å²) >= 11 is 0. The molecular weight excluding hydrogens is 574 g/mol. The van der Waals surface area contributed by atoms with Crippen LogP contribution in [0.25, 0.3) is 32.9 Å². The van der Waals surface area contributed by atoms with Crippen molar-refractivity contribution in [3.05, 3.63) is 65.9 Å². The monoisotopic (exact) mass is 608 g/mol. The number of hydrogen-bond donors (Lipinski definition) is 1. The van der Waals surface area contributed by atoms with Gasteiger partial charge < -0.3 is 19.7 Å². The number of benzene rings is 2. The number of halogens is 2. The van der Waals surface area contributed by atoms with E-state index in [-0.39, 0.29) is 34.4 Å². The summed E-state index contributed by atoms with van der Waals surface area (Å²) in [5, 5.41) is 5.28. The maximum atomic E-state index is 16.8. The molecule has 4 atom stereocenters. The van der Waals surface area contributed by atoms with Gasteiger partial charge >= 0.3 is 6.01 Å². The zero-order valence-electron chi connectivity index (χ0n) is 25.2. The number of nitrogens with one attached hydrogen (secondary N) is 1. The van der Waals surface area contributed by atoms with Crippen LogP contribution in [-0.2, 0) is 4.74 Å². The highest BCUT2D eigenvalue weighted by atomic mass is 19.1. The Bertz CT molecular complexity index is 1900. The molecule has 2 aromatic heterocycles. The lowest BCUT2D eigenvalue weighted by atomic mass is 9.93. The molecule has 8 rings (SSSR count). The third-order valence-corrected chi connectivity index (χ3v) is 10.1. The molecule has 2 bridgehead atoms. The van der Waals surface area contributed by atoms with Gasteiger partial charge in [0.1, 0.15) is 29.5 Å². The third-order valence-electron chi connectivity index (χ3n) is 10.1. The maximum absolute atomic E-state index is 16.8. The lowest BCUT2D eigenvalue weighted by molar-refractivity contribution is 0.101. The smallest absolute Gasteiger partial charge is 0.319 e. The van der Waals surface area contributed by atoms with E-state index in [1.165, 1.54) is 6.07 Å². The van der Waals surface area contributed by atoms with Gasteiger partial charge in [-0.05, 0) is 37.1 Å². The summed E-state index contributed by atoms with van der Waals surface area (Å²) < 4.78 is 43.7. The number of terminal acetylenes is 1. The number of piperazine rings is 1. The minimum absolute atomic E-state index is 0.0433. The second-order valence-electron chi connectivity index (χ2n) is 12.9. The summed E-state index contributed by atoms with van der Waals surface area (Å²) in [6.45, 7) is 7.66. The van der Waals surface area contributed by atoms with Crippen LogP contribution in [0.5, 0.6) is 6.01 Å². The SMILES string of the molecule is C#Cc1c(F)ccc2cccc(-c3ncc4c(N5C[C@H]6CC[C@@H](C5)N6)nc(OC[C@]56CC(=C)CN5C[C@H](OC)C6)nc4c3F)c12. The minimum Gasteiger partial charge on any atom is -0.461 e. The Kier molecular flexibility index (Phi) is 6.75. The molecule has 0 spiro atoms. The van der Waals surface area contributed by atoms with E-state index in [1.54, 1.807) is 31.5 Å². The maximum Gasteiger partial charge on any atom is 0.319 e. The number of rotatable bonds is 6. The number of pyridine rings is 1. The second kappa shape index (κ2) is 10.7. The zero-order chi connectivity index (χ0) is 30.9. The van der Waals surface area contributed by atoms with Crippen LogP contribution >= 0.6 is 0 Å². The average molecular weight is 609 g/mol. The Morgan fingerprint density at radius 1 is 1.13 bits per heavy atom. The summed E-state index contributed by atoms with van der Waals surface area (Å²) in [5.41, 5.74) is 1.50. The molecule has 4 saturated heterocycles. The molecule has 10 heteroatoms. The topological polar surface area (TPSA) is 75.6 Å². The molecule has 8 nitrogen and oxygen atoms in total. The molecule has 4 aromatic rings. The number of fused-ring (bicyclic) bond motifs is 5. The standard InChI is InChI=1S/C35H34F2N6O2/c1-4-25-28(36)11-8-21-6-5-7-26(29(21)25)31-30(37)32-27(14-38-31)33(42-16-22-9-10-23(17-42)39-22)41-34(40-32)45-19-35-12-20(2)15-43(35)18-24(13-35)44-3/h1,5-8,11,14,22-24,39H,2,9-10,12-13,15-19H2,3H3/t22-,23+,24-,35-/m1/s1. The second-order valence-corrected chi connectivity index (χ2v) is 12.9. The van der Waals surface area contributed by atoms with Gasteiger partial charge in [0, 0.05) is 62.5 Å². The number of ether oxygens (including phenoxy) is 2. The predicted octanol–water partition coefficient (Wildman–Crippen LogP) is 4.84. The van der Waals surface area contributed by atoms with E-state index in [0.717, 1.165) is 57.4 Å². The zero-order valence-corrected chi connectivity index (χ0v) is 25.2. The Hall–Kier alpha value is -4.17. The van der Waals surface area contributed by atoms with Crippen molar-refractivity contribution in [2.75, 3.05) is 44.8 Å². The minimum atomic E-state index is -0.631. The van der Waals surface area contributed by atoms with Gasteiger partial charge in [-0.25, -0.2) is 8.78 Å². The summed E-state index contributed by atoms with van der Waals surface area (Å²) in [7, 11) is 1.74. The third kappa shape index (κ3) is 4.64. The number of hydrogen-bond acceptors (Lipinski definition) is 8. The van der Waals surface area contributed by atoms with E-state index in [9.17, 15) is 4.39 Å². The van der Waals surface area contributed by atoms with Crippen LogP contribution in [0, 0.1) is 24.0 Å². The highest BCUT2D eigenvalue weighted by Gasteiger charge is 2.50. The van der Waals surface area contributed by atoms with Crippen LogP contribution in [0.2, 0.25) is 0 Å². The Balaban J connectivity index is 1.25. The van der Waals surface area contributed by atoms with Crippen molar-refractivity contribution in [2.45, 2.75) is 49.4 Å². The first kappa shape index (κ1) is 28.3. The molecular formula is C35H34F2N6O2. The van der Waals surface area contributed by atoms with Gasteiger partial charge in [-0.2, -0.15) is 9.97 Å². The average Bonchev–Trinajstić information content (AvgIpc) is 3.67. The predicted molar refractivity (Wildman–Crippen MR) is 169 cm³/mol. The Morgan fingerprint density at radius 3 is 2.73 bits per heavy atom. The summed E-state index contributed by atoms with van der Waals surface area (Å²) in [6.07, 6.45) is 11.2. The lowest BCUT2D eigenvalue weighted by Crippen LogP contribution is -2.51. The van der Waals surface area contributed by atoms with Crippen LogP contribution in [0.4, 0.5) is 14.6 Å². The molecule has 230 valence electrons. The Morgan fingerprint density at radius 2 is 1.96 bits per heavy atom. The van der Waals surface area contributed by atoms with Crippen molar-refractivity contribution in [3.63, 3.8) is 0 Å². The van der Waals surface area contributed by atoms with Crippen molar-refractivity contribution in [3.8, 4) is 29.6 Å². The molecule has 4 aliphatic heterocycles. The summed E-state index contributed by atoms with van der Waals surface area (Å²) in [6, 6.07) is 9.06. The molecule has 0 amide bonds. The normalized spacial score (nSPS) is 26.1. The van der Waals surface area contributed by atoms with Crippen LogP contribution in [0.15, 0.2) is 48.7 Å². The largest absolute Gasteiger partial charge is 0.461 e. The van der Waals surface area contributed by atoms with Crippen molar-refractivity contribution in [1.29, 1.82) is 0 Å². The molecule has 6 heterocycles. The van der Waals surface area contributed by atoms with Gasteiger partial charge in [-0.15, -0.1) is 6.42 Å².